The first-order valence-electron chi connectivity index (χ1n) is 6.62. The molecule has 0 heterocycles. The van der Waals surface area contributed by atoms with E-state index in [1.54, 1.807) is 24.3 Å². The normalized spacial score (nSPS) is 11.0. The first-order valence-corrected chi connectivity index (χ1v) is 7.03. The predicted molar refractivity (Wildman–Crippen MR) is 87.7 cm³/mol. The first-order chi connectivity index (χ1) is 10.8. The average Bonchev–Trinajstić information content (AvgIpc) is 2.46. The van der Waals surface area contributed by atoms with E-state index in [4.69, 9.17) is 12.2 Å². The van der Waals surface area contributed by atoms with Crippen molar-refractivity contribution in [1.29, 1.82) is 0 Å². The summed E-state index contributed by atoms with van der Waals surface area (Å²) in [6, 6.07) is 11.4. The largest absolute Gasteiger partial charge is 0.416 e. The molecule has 0 amide bonds. The highest BCUT2D eigenvalue weighted by Gasteiger charge is 2.30. The fourth-order valence-electron chi connectivity index (χ4n) is 1.96. The van der Waals surface area contributed by atoms with Crippen LogP contribution in [-0.2, 0) is 6.18 Å². The second-order valence-corrected chi connectivity index (χ2v) is 5.17. The van der Waals surface area contributed by atoms with E-state index in [9.17, 15) is 18.0 Å². The van der Waals surface area contributed by atoms with Crippen molar-refractivity contribution in [3.8, 4) is 0 Å². The molecule has 23 heavy (non-hydrogen) atoms. The number of para-hydroxylation sites is 1. The Balaban J connectivity index is 2.13. The zero-order chi connectivity index (χ0) is 17.0. The maximum Gasteiger partial charge on any atom is 0.416 e. The van der Waals surface area contributed by atoms with Gasteiger partial charge in [-0.15, -0.1) is 0 Å². The van der Waals surface area contributed by atoms with Crippen LogP contribution in [0.2, 0.25) is 0 Å². The van der Waals surface area contributed by atoms with Crippen molar-refractivity contribution in [2.75, 3.05) is 10.6 Å². The number of halogens is 3. The van der Waals surface area contributed by atoms with Gasteiger partial charge in [-0.3, -0.25) is 4.79 Å². The van der Waals surface area contributed by atoms with Crippen LogP contribution in [-0.4, -0.2) is 10.9 Å². The summed E-state index contributed by atoms with van der Waals surface area (Å²) in [5, 5.41) is 5.59. The number of rotatable bonds is 3. The fourth-order valence-corrected chi connectivity index (χ4v) is 2.18. The van der Waals surface area contributed by atoms with E-state index in [0.717, 1.165) is 12.1 Å². The molecule has 0 saturated carbocycles. The molecule has 0 radical (unpaired) electrons. The summed E-state index contributed by atoms with van der Waals surface area (Å²) in [5.74, 6) is -0.144. The van der Waals surface area contributed by atoms with Gasteiger partial charge in [-0.1, -0.05) is 18.2 Å². The van der Waals surface area contributed by atoms with Crippen molar-refractivity contribution in [3.05, 3.63) is 59.7 Å². The summed E-state index contributed by atoms with van der Waals surface area (Å²) in [4.78, 5) is 11.5. The fraction of sp³-hybridized carbons (Fsp3) is 0.125. The number of carbonyl (C=O) groups is 1. The molecule has 0 unspecified atom stereocenters. The van der Waals surface area contributed by atoms with Gasteiger partial charge < -0.3 is 10.6 Å². The van der Waals surface area contributed by atoms with Gasteiger partial charge >= 0.3 is 6.18 Å². The van der Waals surface area contributed by atoms with E-state index < -0.39 is 11.7 Å². The number of alkyl halides is 3. The Morgan fingerprint density at radius 3 is 2.39 bits per heavy atom. The number of anilines is 2. The SMILES string of the molecule is CC(=O)c1ccccc1NC(=S)Nc1cccc(C(F)(F)F)c1. The smallest absolute Gasteiger partial charge is 0.332 e. The summed E-state index contributed by atoms with van der Waals surface area (Å²) in [6.45, 7) is 1.42. The van der Waals surface area contributed by atoms with Crippen LogP contribution in [0.5, 0.6) is 0 Å². The second kappa shape index (κ2) is 6.78. The number of hydrogen-bond acceptors (Lipinski definition) is 2. The van der Waals surface area contributed by atoms with Crippen LogP contribution in [0.1, 0.15) is 22.8 Å². The lowest BCUT2D eigenvalue weighted by atomic mass is 10.1. The molecule has 0 aromatic heterocycles. The Hall–Kier alpha value is -2.41. The zero-order valence-electron chi connectivity index (χ0n) is 12.1. The van der Waals surface area contributed by atoms with Gasteiger partial charge in [0.1, 0.15) is 0 Å². The van der Waals surface area contributed by atoms with Crippen LogP contribution in [0, 0.1) is 0 Å². The second-order valence-electron chi connectivity index (χ2n) is 4.76. The summed E-state index contributed by atoms with van der Waals surface area (Å²) in [6.07, 6.45) is -4.42. The van der Waals surface area contributed by atoms with Crippen molar-refractivity contribution in [1.82, 2.24) is 0 Å². The number of benzene rings is 2. The topological polar surface area (TPSA) is 41.1 Å². The maximum atomic E-state index is 12.7. The summed E-state index contributed by atoms with van der Waals surface area (Å²) >= 11 is 5.09. The molecule has 7 heteroatoms. The lowest BCUT2D eigenvalue weighted by Gasteiger charge is -2.14. The molecule has 0 aliphatic carbocycles. The molecule has 0 saturated heterocycles. The Labute approximate surface area is 136 Å². The highest BCUT2D eigenvalue weighted by molar-refractivity contribution is 7.80. The van der Waals surface area contributed by atoms with Crippen LogP contribution >= 0.6 is 12.2 Å². The predicted octanol–water partition coefficient (Wildman–Crippen LogP) is 4.72. The molecule has 2 N–H and O–H groups in total. The van der Waals surface area contributed by atoms with E-state index in [2.05, 4.69) is 10.6 Å². The minimum Gasteiger partial charge on any atom is -0.332 e. The van der Waals surface area contributed by atoms with Gasteiger partial charge in [0.15, 0.2) is 10.9 Å². The van der Waals surface area contributed by atoms with Crippen LogP contribution in [0.25, 0.3) is 0 Å². The van der Waals surface area contributed by atoms with Crippen LogP contribution in [0.4, 0.5) is 24.5 Å². The summed E-state index contributed by atoms with van der Waals surface area (Å²) in [5.41, 5.74) is 0.372. The molecular formula is C16H13F3N2OS. The summed E-state index contributed by atoms with van der Waals surface area (Å²) in [7, 11) is 0. The monoisotopic (exact) mass is 338 g/mol. The lowest BCUT2D eigenvalue weighted by molar-refractivity contribution is -0.137. The van der Waals surface area contributed by atoms with Crippen LogP contribution in [0.15, 0.2) is 48.5 Å². The van der Waals surface area contributed by atoms with Gasteiger partial charge in [0.05, 0.1) is 11.3 Å². The number of hydrogen-bond donors (Lipinski definition) is 2. The molecule has 2 aromatic rings. The molecule has 3 nitrogen and oxygen atoms in total. The molecule has 0 bridgehead atoms. The van der Waals surface area contributed by atoms with Gasteiger partial charge in [0.2, 0.25) is 0 Å². The minimum atomic E-state index is -4.42. The van der Waals surface area contributed by atoms with Gasteiger partial charge in [-0.2, -0.15) is 13.2 Å². The Morgan fingerprint density at radius 2 is 1.74 bits per heavy atom. The van der Waals surface area contributed by atoms with Crippen molar-refractivity contribution < 1.29 is 18.0 Å². The molecule has 0 fully saturated rings. The third-order valence-corrected chi connectivity index (χ3v) is 3.21. The third-order valence-electron chi connectivity index (χ3n) is 3.00. The molecule has 120 valence electrons. The van der Waals surface area contributed by atoms with Gasteiger partial charge in [-0.25, -0.2) is 0 Å². The number of Topliss-reactive ketones (excluding diaryl/α,β-unsaturated/α-hetero) is 1. The molecule has 0 aliphatic rings. The van der Waals surface area contributed by atoms with Crippen molar-refractivity contribution >= 4 is 34.5 Å². The van der Waals surface area contributed by atoms with Gasteiger partial charge in [0.25, 0.3) is 0 Å². The third kappa shape index (κ3) is 4.53. The minimum absolute atomic E-state index is 0.0954. The van der Waals surface area contributed by atoms with E-state index >= 15 is 0 Å². The maximum absolute atomic E-state index is 12.7. The average molecular weight is 338 g/mol. The number of carbonyl (C=O) groups excluding carboxylic acids is 1. The molecule has 2 rings (SSSR count). The Bertz CT molecular complexity index is 744. The van der Waals surface area contributed by atoms with E-state index in [1.165, 1.54) is 19.1 Å². The molecule has 0 spiro atoms. The summed E-state index contributed by atoms with van der Waals surface area (Å²) < 4.78 is 38.0. The van der Waals surface area contributed by atoms with E-state index in [1.807, 2.05) is 0 Å². The number of ketones is 1. The quantitative estimate of drug-likeness (QED) is 0.628. The van der Waals surface area contributed by atoms with Crippen LogP contribution in [0.3, 0.4) is 0 Å². The number of nitrogens with one attached hydrogen (secondary N) is 2. The molecular weight excluding hydrogens is 325 g/mol. The highest BCUT2D eigenvalue weighted by atomic mass is 32.1. The van der Waals surface area contributed by atoms with Gasteiger partial charge in [0, 0.05) is 11.3 Å². The van der Waals surface area contributed by atoms with Crippen molar-refractivity contribution in [2.24, 2.45) is 0 Å². The van der Waals surface area contributed by atoms with Gasteiger partial charge in [-0.05, 0) is 49.5 Å². The highest BCUT2D eigenvalue weighted by Crippen LogP contribution is 2.30. The number of thiocarbonyl (C=S) groups is 1. The lowest BCUT2D eigenvalue weighted by Crippen LogP contribution is -2.20. The Kier molecular flexibility index (Phi) is 5.00. The molecule has 0 aliphatic heterocycles. The molecule has 0 atom stereocenters. The van der Waals surface area contributed by atoms with Crippen LogP contribution < -0.4 is 10.6 Å². The molecule has 2 aromatic carbocycles. The van der Waals surface area contributed by atoms with Crippen molar-refractivity contribution in [3.63, 3.8) is 0 Å². The standard InChI is InChI=1S/C16H13F3N2OS/c1-10(22)13-7-2-3-8-14(13)21-15(23)20-12-6-4-5-11(9-12)16(17,18)19/h2-9H,1H3,(H2,20,21,23). The Morgan fingerprint density at radius 1 is 1.04 bits per heavy atom. The first kappa shape index (κ1) is 17.0. The zero-order valence-corrected chi connectivity index (χ0v) is 12.9. The van der Waals surface area contributed by atoms with E-state index in [-0.39, 0.29) is 16.6 Å². The van der Waals surface area contributed by atoms with E-state index in [0.29, 0.717) is 11.3 Å². The van der Waals surface area contributed by atoms with Crippen molar-refractivity contribution in [2.45, 2.75) is 13.1 Å².